The molecular weight excluding hydrogens is 202 g/mol. The monoisotopic (exact) mass is 202 g/mol. The maximum atomic E-state index is 12.7. The van der Waals surface area contributed by atoms with Crippen LogP contribution in [0.1, 0.15) is 5.56 Å². The first-order valence-corrected chi connectivity index (χ1v) is 3.12. The topological polar surface area (TPSA) is 51.5 Å². The molecule has 0 aliphatic heterocycles. The molecule has 0 unspecified atom stereocenters. The molecule has 1 aromatic heterocycles. The van der Waals surface area contributed by atoms with Gasteiger partial charge in [0.1, 0.15) is 11.6 Å². The lowest BCUT2D eigenvalue weighted by molar-refractivity contribution is -0.654. The van der Waals surface area contributed by atoms with Crippen LogP contribution in [0.3, 0.4) is 0 Å². The predicted octanol–water partition coefficient (Wildman–Crippen LogP) is 0.731. The Labute approximate surface area is 75.0 Å². The Bertz CT molecular complexity index is 409. The van der Waals surface area contributed by atoms with Crippen molar-refractivity contribution in [2.75, 3.05) is 0 Å². The molecule has 0 bridgehead atoms. The Morgan fingerprint density at radius 3 is 1.64 bits per heavy atom. The third kappa shape index (κ3) is 1.15. The number of nitrogens with zero attached hydrogens (tertiary/aromatic N) is 3. The van der Waals surface area contributed by atoms with Gasteiger partial charge in [0.2, 0.25) is 11.6 Å². The molecule has 7 heteroatoms. The Balaban J connectivity index is 3.77. The zero-order chi connectivity index (χ0) is 10.9. The summed E-state index contributed by atoms with van der Waals surface area (Å²) >= 11 is 0. The number of halogens is 4. The fraction of sp³-hybridized carbons (Fsp3) is 0. The molecule has 3 nitrogen and oxygen atoms in total. The number of rotatable bonds is 0. The van der Waals surface area contributed by atoms with E-state index in [0.717, 1.165) is 12.3 Å². The fourth-order valence-corrected chi connectivity index (χ4v) is 0.771. The highest BCUT2D eigenvalue weighted by molar-refractivity contribution is 5.28. The van der Waals surface area contributed by atoms with Gasteiger partial charge < -0.3 is 0 Å². The molecule has 0 aliphatic carbocycles. The first-order chi connectivity index (χ1) is 6.54. The standard InChI is InChI=1S/C7F4N3/c8-4-3(1-12)5(9)7(11)14(2-13)6(4)10/q+1. The Morgan fingerprint density at radius 2 is 1.36 bits per heavy atom. The minimum atomic E-state index is -1.94. The van der Waals surface area contributed by atoms with Crippen LogP contribution in [0.15, 0.2) is 0 Å². The van der Waals surface area contributed by atoms with Crippen LogP contribution in [0.25, 0.3) is 0 Å². The van der Waals surface area contributed by atoms with Crippen LogP contribution in [0, 0.1) is 46.3 Å². The van der Waals surface area contributed by atoms with Gasteiger partial charge in [-0.05, 0) is 0 Å². The van der Waals surface area contributed by atoms with E-state index in [1.54, 1.807) is 0 Å². The highest BCUT2D eigenvalue weighted by Gasteiger charge is 2.29. The van der Waals surface area contributed by atoms with E-state index in [0.29, 0.717) is 0 Å². The van der Waals surface area contributed by atoms with Crippen molar-refractivity contribution in [3.63, 3.8) is 0 Å². The van der Waals surface area contributed by atoms with Gasteiger partial charge in [0.15, 0.2) is 5.26 Å². The van der Waals surface area contributed by atoms with Crippen LogP contribution < -0.4 is 4.57 Å². The quantitative estimate of drug-likeness (QED) is 0.353. The summed E-state index contributed by atoms with van der Waals surface area (Å²) in [5.74, 6) is -7.67. The molecule has 0 aromatic carbocycles. The summed E-state index contributed by atoms with van der Waals surface area (Å²) in [6.45, 7) is 0. The summed E-state index contributed by atoms with van der Waals surface area (Å²) in [6.07, 6.45) is 0.874. The molecule has 70 valence electrons. The van der Waals surface area contributed by atoms with Gasteiger partial charge in [-0.25, -0.2) is 0 Å². The van der Waals surface area contributed by atoms with E-state index in [1.165, 1.54) is 0 Å². The number of nitriles is 2. The van der Waals surface area contributed by atoms with Gasteiger partial charge >= 0.3 is 18.1 Å². The molecular formula is C7F4N3+. The van der Waals surface area contributed by atoms with E-state index in [4.69, 9.17) is 10.5 Å². The second kappa shape index (κ2) is 3.30. The minimum absolute atomic E-state index is 0.522. The van der Waals surface area contributed by atoms with Crippen molar-refractivity contribution in [1.82, 2.24) is 0 Å². The molecule has 0 amide bonds. The molecule has 0 radical (unpaired) electrons. The minimum Gasteiger partial charge on any atom is -0.198 e. The summed E-state index contributed by atoms with van der Waals surface area (Å²) < 4.78 is 50.3. The summed E-state index contributed by atoms with van der Waals surface area (Å²) in [4.78, 5) is 0. The van der Waals surface area contributed by atoms with Crippen molar-refractivity contribution in [1.29, 1.82) is 10.5 Å². The highest BCUT2D eigenvalue weighted by atomic mass is 19.2. The van der Waals surface area contributed by atoms with Crippen molar-refractivity contribution in [2.24, 2.45) is 0 Å². The first-order valence-electron chi connectivity index (χ1n) is 3.12. The second-order valence-corrected chi connectivity index (χ2v) is 2.13. The molecule has 1 aromatic rings. The Morgan fingerprint density at radius 1 is 0.929 bits per heavy atom. The summed E-state index contributed by atoms with van der Waals surface area (Å²) in [6, 6.07) is 0.944. The smallest absolute Gasteiger partial charge is 0.198 e. The molecule has 0 saturated carbocycles. The number of pyridine rings is 1. The molecule has 0 fully saturated rings. The van der Waals surface area contributed by atoms with Gasteiger partial charge in [0.05, 0.1) is 0 Å². The molecule has 0 atom stereocenters. The van der Waals surface area contributed by atoms with E-state index in [9.17, 15) is 17.6 Å². The average molecular weight is 202 g/mol. The van der Waals surface area contributed by atoms with Crippen LogP contribution in [-0.4, -0.2) is 0 Å². The van der Waals surface area contributed by atoms with Crippen molar-refractivity contribution in [3.05, 3.63) is 29.1 Å². The highest BCUT2D eigenvalue weighted by Crippen LogP contribution is 2.13. The van der Waals surface area contributed by atoms with Gasteiger partial charge in [0.25, 0.3) is 0 Å². The zero-order valence-electron chi connectivity index (χ0n) is 6.35. The average Bonchev–Trinajstić information content (AvgIpc) is 2.17. The van der Waals surface area contributed by atoms with Gasteiger partial charge in [-0.2, -0.15) is 22.8 Å². The van der Waals surface area contributed by atoms with Crippen LogP contribution in [0.2, 0.25) is 0 Å². The van der Waals surface area contributed by atoms with Crippen LogP contribution >= 0.6 is 0 Å². The predicted molar refractivity (Wildman–Crippen MR) is 32.2 cm³/mol. The zero-order valence-corrected chi connectivity index (χ0v) is 6.35. The lowest BCUT2D eigenvalue weighted by Gasteiger charge is -1.97. The van der Waals surface area contributed by atoms with Gasteiger partial charge in [-0.15, -0.1) is 0 Å². The lowest BCUT2D eigenvalue weighted by Crippen LogP contribution is -2.40. The Kier molecular flexibility index (Phi) is 2.34. The number of hydrogen-bond acceptors (Lipinski definition) is 2. The van der Waals surface area contributed by atoms with Gasteiger partial charge in [-0.3, -0.25) is 0 Å². The second-order valence-electron chi connectivity index (χ2n) is 2.13. The van der Waals surface area contributed by atoms with Crippen LogP contribution in [0.4, 0.5) is 17.6 Å². The molecule has 1 heterocycles. The van der Waals surface area contributed by atoms with Crippen molar-refractivity contribution >= 4 is 0 Å². The number of aromatic nitrogens is 1. The van der Waals surface area contributed by atoms with Crippen molar-refractivity contribution in [2.45, 2.75) is 0 Å². The molecule has 0 saturated heterocycles. The fourth-order valence-electron chi connectivity index (χ4n) is 0.771. The molecule has 14 heavy (non-hydrogen) atoms. The normalized spacial score (nSPS) is 9.29. The third-order valence-corrected chi connectivity index (χ3v) is 1.41. The first kappa shape index (κ1) is 9.93. The Hall–Kier alpha value is -2.15. The largest absolute Gasteiger partial charge is 0.469 e. The molecule has 0 N–H and O–H groups in total. The van der Waals surface area contributed by atoms with Crippen LogP contribution in [-0.2, 0) is 0 Å². The summed E-state index contributed by atoms with van der Waals surface area (Å²) in [5.41, 5.74) is -1.40. The third-order valence-electron chi connectivity index (χ3n) is 1.41. The van der Waals surface area contributed by atoms with Gasteiger partial charge in [0, 0.05) is 0 Å². The number of hydrogen-bond donors (Lipinski definition) is 0. The SMILES string of the molecule is N#Cc1c(F)c(F)[n+](C#N)c(F)c1F. The molecule has 0 aliphatic rings. The maximum absolute atomic E-state index is 12.7. The van der Waals surface area contributed by atoms with E-state index in [2.05, 4.69) is 0 Å². The maximum Gasteiger partial charge on any atom is 0.469 e. The van der Waals surface area contributed by atoms with Crippen molar-refractivity contribution in [3.8, 4) is 12.3 Å². The van der Waals surface area contributed by atoms with E-state index < -0.39 is 33.7 Å². The molecule has 0 spiro atoms. The lowest BCUT2D eigenvalue weighted by atomic mass is 10.2. The van der Waals surface area contributed by atoms with E-state index >= 15 is 0 Å². The van der Waals surface area contributed by atoms with Gasteiger partial charge in [-0.1, -0.05) is 4.57 Å². The summed E-state index contributed by atoms with van der Waals surface area (Å²) in [5, 5.41) is 16.3. The van der Waals surface area contributed by atoms with Crippen LogP contribution in [0.5, 0.6) is 0 Å². The summed E-state index contributed by atoms with van der Waals surface area (Å²) in [7, 11) is 0. The molecule has 1 rings (SSSR count). The van der Waals surface area contributed by atoms with E-state index in [-0.39, 0.29) is 0 Å². The van der Waals surface area contributed by atoms with Crippen molar-refractivity contribution < 1.29 is 22.1 Å². The van der Waals surface area contributed by atoms with E-state index in [1.807, 2.05) is 0 Å².